The molecule has 4 aromatic rings. The summed E-state index contributed by atoms with van der Waals surface area (Å²) in [5, 5.41) is 17.0. The van der Waals surface area contributed by atoms with E-state index in [0.29, 0.717) is 5.75 Å². The van der Waals surface area contributed by atoms with Crippen LogP contribution in [0.25, 0.3) is 0 Å². The van der Waals surface area contributed by atoms with E-state index in [1.165, 1.54) is 18.1 Å². The van der Waals surface area contributed by atoms with Crippen molar-refractivity contribution in [1.82, 2.24) is 19.9 Å². The Morgan fingerprint density at radius 2 is 1.64 bits per heavy atom. The van der Waals surface area contributed by atoms with Gasteiger partial charge in [-0.25, -0.2) is 18.1 Å². The molecule has 0 saturated carbocycles. The van der Waals surface area contributed by atoms with Gasteiger partial charge in [0.2, 0.25) is 10.0 Å². The zero-order chi connectivity index (χ0) is 27.2. The molecule has 0 bridgehead atoms. The molecule has 1 aromatic heterocycles. The van der Waals surface area contributed by atoms with Crippen molar-refractivity contribution in [3.63, 3.8) is 0 Å². The Kier molecular flexibility index (Phi) is 8.75. The van der Waals surface area contributed by atoms with E-state index < -0.39 is 16.3 Å². The molecule has 0 radical (unpaired) electrons. The highest BCUT2D eigenvalue weighted by molar-refractivity contribution is 7.99. The topological polar surface area (TPSA) is 126 Å². The Morgan fingerprint density at radius 1 is 0.949 bits per heavy atom. The van der Waals surface area contributed by atoms with Crippen molar-refractivity contribution in [2.24, 2.45) is 5.92 Å². The van der Waals surface area contributed by atoms with Crippen molar-refractivity contribution in [2.75, 3.05) is 5.75 Å². The van der Waals surface area contributed by atoms with E-state index in [9.17, 15) is 13.5 Å². The largest absolute Gasteiger partial charge is 0.392 e. The second kappa shape index (κ2) is 12.4. The number of nitrogens with zero attached hydrogens (tertiary/aromatic N) is 2. The minimum Gasteiger partial charge on any atom is -0.392 e. The van der Waals surface area contributed by atoms with E-state index in [1.807, 2.05) is 48.5 Å². The zero-order valence-corrected chi connectivity index (χ0v) is 22.9. The Labute approximate surface area is 232 Å². The zero-order valence-electron chi connectivity index (χ0n) is 21.3. The van der Waals surface area contributed by atoms with Gasteiger partial charge in [-0.3, -0.25) is 5.10 Å². The van der Waals surface area contributed by atoms with Crippen LogP contribution in [0.2, 0.25) is 0 Å². The Bertz CT molecular complexity index is 1430. The lowest BCUT2D eigenvalue weighted by atomic mass is 9.91. The Balaban J connectivity index is 1.31. The SMILES string of the molecule is CC1C(CSc2ncn[nH]2)OC(c2ccc(CNS(=O)(=O)c3ccccc3)cc2)OC1c1ccc(CO)cc1. The smallest absolute Gasteiger partial charge is 0.240 e. The molecule has 1 aliphatic rings. The van der Waals surface area contributed by atoms with Gasteiger partial charge in [-0.05, 0) is 28.8 Å². The summed E-state index contributed by atoms with van der Waals surface area (Å²) in [5.74, 6) is 0.698. The molecule has 1 aliphatic heterocycles. The molecule has 4 atom stereocenters. The van der Waals surface area contributed by atoms with Gasteiger partial charge in [-0.2, -0.15) is 5.10 Å². The first-order valence-corrected chi connectivity index (χ1v) is 15.0. The molecule has 11 heteroatoms. The van der Waals surface area contributed by atoms with Crippen molar-refractivity contribution in [3.05, 3.63) is 107 Å². The van der Waals surface area contributed by atoms with E-state index in [0.717, 1.165) is 27.4 Å². The number of aliphatic hydroxyl groups is 1. The third-order valence-corrected chi connectivity index (χ3v) is 9.05. The first-order chi connectivity index (χ1) is 18.9. The third kappa shape index (κ3) is 6.75. The lowest BCUT2D eigenvalue weighted by Gasteiger charge is -2.41. The highest BCUT2D eigenvalue weighted by Crippen LogP contribution is 2.42. The van der Waals surface area contributed by atoms with Gasteiger partial charge >= 0.3 is 0 Å². The maximum Gasteiger partial charge on any atom is 0.240 e. The van der Waals surface area contributed by atoms with Crippen LogP contribution in [0.1, 0.15) is 41.6 Å². The monoisotopic (exact) mass is 566 g/mol. The molecule has 1 saturated heterocycles. The Hall–Kier alpha value is -3.06. The minimum atomic E-state index is -3.60. The molecule has 0 aliphatic carbocycles. The second-order valence-electron chi connectivity index (χ2n) is 9.30. The van der Waals surface area contributed by atoms with Crippen LogP contribution in [-0.4, -0.2) is 40.6 Å². The first kappa shape index (κ1) is 27.5. The number of aliphatic hydroxyl groups excluding tert-OH is 1. The van der Waals surface area contributed by atoms with Crippen LogP contribution in [0.3, 0.4) is 0 Å². The number of thioether (sulfide) groups is 1. The Morgan fingerprint density at radius 3 is 2.31 bits per heavy atom. The summed E-state index contributed by atoms with van der Waals surface area (Å²) in [6.45, 7) is 2.25. The molecule has 5 rings (SSSR count). The predicted molar refractivity (Wildman–Crippen MR) is 147 cm³/mol. The van der Waals surface area contributed by atoms with E-state index in [-0.39, 0.29) is 36.2 Å². The lowest BCUT2D eigenvalue weighted by molar-refractivity contribution is -0.268. The molecule has 9 nitrogen and oxygen atoms in total. The van der Waals surface area contributed by atoms with E-state index >= 15 is 0 Å². The summed E-state index contributed by atoms with van der Waals surface area (Å²) in [6.07, 6.45) is 0.499. The van der Waals surface area contributed by atoms with Crippen LogP contribution in [0.5, 0.6) is 0 Å². The maximum absolute atomic E-state index is 12.6. The molecule has 2 heterocycles. The normalized spacial score (nSPS) is 21.6. The van der Waals surface area contributed by atoms with Crippen LogP contribution in [-0.2, 0) is 32.6 Å². The number of aromatic amines is 1. The second-order valence-corrected chi connectivity index (χ2v) is 12.1. The van der Waals surface area contributed by atoms with Gasteiger partial charge in [-0.1, -0.05) is 85.4 Å². The van der Waals surface area contributed by atoms with Crippen LogP contribution in [0.15, 0.2) is 95.2 Å². The van der Waals surface area contributed by atoms with E-state index in [4.69, 9.17) is 9.47 Å². The van der Waals surface area contributed by atoms with Gasteiger partial charge in [0.05, 0.1) is 23.7 Å². The molecule has 204 valence electrons. The number of nitrogens with one attached hydrogen (secondary N) is 2. The summed E-state index contributed by atoms with van der Waals surface area (Å²) in [7, 11) is -3.60. The fourth-order valence-electron chi connectivity index (χ4n) is 4.39. The third-order valence-electron chi connectivity index (χ3n) is 6.67. The highest BCUT2D eigenvalue weighted by atomic mass is 32.2. The number of aromatic nitrogens is 3. The van der Waals surface area contributed by atoms with Gasteiger partial charge in [0, 0.05) is 23.8 Å². The fraction of sp³-hybridized carbons (Fsp3) is 0.286. The molecule has 39 heavy (non-hydrogen) atoms. The molecule has 3 N–H and O–H groups in total. The number of ether oxygens (including phenoxy) is 2. The van der Waals surface area contributed by atoms with Crippen LogP contribution in [0, 0.1) is 5.92 Å². The molecular weight excluding hydrogens is 536 g/mol. The minimum absolute atomic E-state index is 0.0165. The summed E-state index contributed by atoms with van der Waals surface area (Å²) in [6, 6.07) is 23.6. The van der Waals surface area contributed by atoms with Gasteiger partial charge in [0.1, 0.15) is 6.33 Å². The highest BCUT2D eigenvalue weighted by Gasteiger charge is 2.38. The molecular formula is C28H30N4O5S2. The molecule has 1 fully saturated rings. The number of benzene rings is 3. The summed E-state index contributed by atoms with van der Waals surface area (Å²) in [5.41, 5.74) is 3.50. The van der Waals surface area contributed by atoms with Crippen molar-refractivity contribution in [2.45, 2.75) is 48.6 Å². The predicted octanol–water partition coefficient (Wildman–Crippen LogP) is 4.36. The van der Waals surface area contributed by atoms with E-state index in [1.54, 1.807) is 30.3 Å². The summed E-state index contributed by atoms with van der Waals surface area (Å²) in [4.78, 5) is 4.43. The number of hydrogen-bond donors (Lipinski definition) is 3. The average Bonchev–Trinajstić information content (AvgIpc) is 3.50. The molecule has 4 unspecified atom stereocenters. The summed E-state index contributed by atoms with van der Waals surface area (Å²) < 4.78 is 40.7. The van der Waals surface area contributed by atoms with Gasteiger partial charge < -0.3 is 14.6 Å². The van der Waals surface area contributed by atoms with E-state index in [2.05, 4.69) is 26.8 Å². The van der Waals surface area contributed by atoms with Gasteiger partial charge in [-0.15, -0.1) is 0 Å². The van der Waals surface area contributed by atoms with Crippen LogP contribution < -0.4 is 4.72 Å². The molecule has 0 amide bonds. The van der Waals surface area contributed by atoms with Crippen LogP contribution in [0.4, 0.5) is 0 Å². The molecule has 0 spiro atoms. The molecule has 3 aromatic carbocycles. The average molecular weight is 567 g/mol. The van der Waals surface area contributed by atoms with Gasteiger partial charge in [0.15, 0.2) is 11.4 Å². The number of H-pyrrole nitrogens is 1. The van der Waals surface area contributed by atoms with Crippen molar-refractivity contribution in [1.29, 1.82) is 0 Å². The number of sulfonamides is 1. The van der Waals surface area contributed by atoms with Crippen molar-refractivity contribution >= 4 is 21.8 Å². The van der Waals surface area contributed by atoms with Crippen LogP contribution >= 0.6 is 11.8 Å². The quantitative estimate of drug-likeness (QED) is 0.242. The van der Waals surface area contributed by atoms with Crippen molar-refractivity contribution < 1.29 is 23.0 Å². The van der Waals surface area contributed by atoms with Crippen molar-refractivity contribution in [3.8, 4) is 0 Å². The first-order valence-electron chi connectivity index (χ1n) is 12.6. The summed E-state index contributed by atoms with van der Waals surface area (Å²) >= 11 is 1.54. The number of rotatable bonds is 10. The fourth-order valence-corrected chi connectivity index (χ4v) is 6.37. The van der Waals surface area contributed by atoms with Gasteiger partial charge in [0.25, 0.3) is 0 Å². The standard InChI is InChI=1S/C28H30N4O5S2/c1-19-25(17-38-28-29-18-30-32-28)36-27(37-26(19)22-11-9-21(16-33)10-12-22)23-13-7-20(8-14-23)15-31-39(34,35)24-5-3-2-4-6-24/h2-14,18-19,25-27,31,33H,15-17H2,1H3,(H,29,30,32). The lowest BCUT2D eigenvalue weighted by Crippen LogP contribution is -2.38. The maximum atomic E-state index is 12.6. The number of hydrogen-bond acceptors (Lipinski definition) is 8.